The Bertz CT molecular complexity index is 164. The third-order valence-corrected chi connectivity index (χ3v) is 1.39. The maximum absolute atomic E-state index is 10.3. The molecule has 0 fully saturated rings. The predicted molar refractivity (Wildman–Crippen MR) is 48.4 cm³/mol. The van der Waals surface area contributed by atoms with Crippen molar-refractivity contribution in [2.75, 3.05) is 0 Å². The van der Waals surface area contributed by atoms with Crippen LogP contribution in [0.15, 0.2) is 23.8 Å². The van der Waals surface area contributed by atoms with Crippen LogP contribution in [0.2, 0.25) is 0 Å². The van der Waals surface area contributed by atoms with Crippen LogP contribution < -0.4 is 0 Å². The monoisotopic (exact) mass is 152 g/mol. The summed E-state index contributed by atoms with van der Waals surface area (Å²) in [6, 6.07) is 0. The van der Waals surface area contributed by atoms with E-state index in [0.29, 0.717) is 5.92 Å². The summed E-state index contributed by atoms with van der Waals surface area (Å²) < 4.78 is 0. The third-order valence-electron chi connectivity index (χ3n) is 1.39. The summed E-state index contributed by atoms with van der Waals surface area (Å²) in [4.78, 5) is 10.3. The predicted octanol–water partition coefficient (Wildman–Crippen LogP) is 2.73. The fraction of sp³-hybridized carbons (Fsp3) is 0.500. The second-order valence-electron chi connectivity index (χ2n) is 2.94. The SMILES string of the molecule is C/C=C(C=O)\C=C\CC(C)C. The minimum absolute atomic E-state index is 0.663. The van der Waals surface area contributed by atoms with Gasteiger partial charge in [0.05, 0.1) is 0 Å². The van der Waals surface area contributed by atoms with E-state index in [9.17, 15) is 4.79 Å². The van der Waals surface area contributed by atoms with Gasteiger partial charge in [-0.3, -0.25) is 4.79 Å². The van der Waals surface area contributed by atoms with Gasteiger partial charge in [-0.25, -0.2) is 0 Å². The molecule has 0 aliphatic carbocycles. The van der Waals surface area contributed by atoms with Gasteiger partial charge in [-0.05, 0) is 19.3 Å². The Morgan fingerprint density at radius 1 is 1.45 bits per heavy atom. The Kier molecular flexibility index (Phi) is 5.44. The average Bonchev–Trinajstić information content (AvgIpc) is 1.98. The van der Waals surface area contributed by atoms with Crippen molar-refractivity contribution >= 4 is 6.29 Å². The quantitative estimate of drug-likeness (QED) is 0.344. The van der Waals surface area contributed by atoms with Gasteiger partial charge in [0.25, 0.3) is 0 Å². The van der Waals surface area contributed by atoms with Gasteiger partial charge in [0.2, 0.25) is 0 Å². The van der Waals surface area contributed by atoms with Crippen LogP contribution in [-0.4, -0.2) is 6.29 Å². The van der Waals surface area contributed by atoms with Crippen LogP contribution in [0, 0.1) is 5.92 Å². The van der Waals surface area contributed by atoms with Crippen molar-refractivity contribution in [1.29, 1.82) is 0 Å². The van der Waals surface area contributed by atoms with Gasteiger partial charge in [0.15, 0.2) is 0 Å². The van der Waals surface area contributed by atoms with E-state index >= 15 is 0 Å². The maximum Gasteiger partial charge on any atom is 0.149 e. The normalized spacial score (nSPS) is 12.9. The molecule has 0 aromatic carbocycles. The van der Waals surface area contributed by atoms with Crippen molar-refractivity contribution in [3.8, 4) is 0 Å². The van der Waals surface area contributed by atoms with Crippen LogP contribution in [-0.2, 0) is 4.79 Å². The lowest BCUT2D eigenvalue weighted by Gasteiger charge is -1.95. The molecule has 0 amide bonds. The summed E-state index contributed by atoms with van der Waals surface area (Å²) >= 11 is 0. The van der Waals surface area contributed by atoms with Gasteiger partial charge < -0.3 is 0 Å². The number of hydrogen-bond acceptors (Lipinski definition) is 1. The van der Waals surface area contributed by atoms with Gasteiger partial charge in [-0.1, -0.05) is 32.1 Å². The molecule has 1 nitrogen and oxygen atoms in total. The Hall–Kier alpha value is -0.850. The van der Waals surface area contributed by atoms with Gasteiger partial charge in [-0.2, -0.15) is 0 Å². The molecular formula is C10H16O. The van der Waals surface area contributed by atoms with Gasteiger partial charge in [0.1, 0.15) is 6.29 Å². The van der Waals surface area contributed by atoms with Crippen molar-refractivity contribution in [2.24, 2.45) is 5.92 Å². The molecule has 0 bridgehead atoms. The van der Waals surface area contributed by atoms with E-state index in [-0.39, 0.29) is 0 Å². The van der Waals surface area contributed by atoms with E-state index in [1.54, 1.807) is 0 Å². The standard InChI is InChI=1S/C10H16O/c1-4-10(8-11)7-5-6-9(2)3/h4-5,7-9H,6H2,1-3H3/b7-5+,10-4+. The van der Waals surface area contributed by atoms with E-state index in [1.807, 2.05) is 25.2 Å². The number of rotatable bonds is 4. The minimum Gasteiger partial charge on any atom is -0.298 e. The summed E-state index contributed by atoms with van der Waals surface area (Å²) in [5.41, 5.74) is 0.755. The largest absolute Gasteiger partial charge is 0.298 e. The highest BCUT2D eigenvalue weighted by atomic mass is 16.1. The molecule has 0 aliphatic rings. The number of hydrogen-bond donors (Lipinski definition) is 0. The molecule has 62 valence electrons. The smallest absolute Gasteiger partial charge is 0.149 e. The molecule has 0 aromatic rings. The maximum atomic E-state index is 10.3. The zero-order chi connectivity index (χ0) is 8.69. The van der Waals surface area contributed by atoms with Crippen LogP contribution in [0.25, 0.3) is 0 Å². The lowest BCUT2D eigenvalue weighted by Crippen LogP contribution is -1.83. The molecule has 0 radical (unpaired) electrons. The first-order chi connectivity index (χ1) is 5.20. The molecule has 0 rings (SSSR count). The van der Waals surface area contributed by atoms with Gasteiger partial charge in [0, 0.05) is 5.57 Å². The van der Waals surface area contributed by atoms with Crippen molar-refractivity contribution in [3.05, 3.63) is 23.8 Å². The Labute approximate surface area is 68.8 Å². The van der Waals surface area contributed by atoms with Gasteiger partial charge in [-0.15, -0.1) is 0 Å². The van der Waals surface area contributed by atoms with E-state index in [2.05, 4.69) is 13.8 Å². The zero-order valence-electron chi connectivity index (χ0n) is 7.50. The summed E-state index contributed by atoms with van der Waals surface area (Å²) in [5, 5.41) is 0. The molecular weight excluding hydrogens is 136 g/mol. The number of carbonyl (C=O) groups excluding carboxylic acids is 1. The Balaban J connectivity index is 3.81. The van der Waals surface area contributed by atoms with Crippen LogP contribution in [0.3, 0.4) is 0 Å². The van der Waals surface area contributed by atoms with E-state index in [4.69, 9.17) is 0 Å². The molecule has 0 aliphatic heterocycles. The van der Waals surface area contributed by atoms with Crippen molar-refractivity contribution < 1.29 is 4.79 Å². The Morgan fingerprint density at radius 3 is 2.45 bits per heavy atom. The zero-order valence-corrected chi connectivity index (χ0v) is 7.50. The van der Waals surface area contributed by atoms with Crippen molar-refractivity contribution in [1.82, 2.24) is 0 Å². The first-order valence-corrected chi connectivity index (χ1v) is 3.98. The average molecular weight is 152 g/mol. The first kappa shape index (κ1) is 10.2. The van der Waals surface area contributed by atoms with Crippen molar-refractivity contribution in [2.45, 2.75) is 27.2 Å². The molecule has 0 N–H and O–H groups in total. The fourth-order valence-corrected chi connectivity index (χ4v) is 0.680. The van der Waals surface area contributed by atoms with Crippen molar-refractivity contribution in [3.63, 3.8) is 0 Å². The highest BCUT2D eigenvalue weighted by molar-refractivity contribution is 5.77. The Morgan fingerprint density at radius 2 is 2.09 bits per heavy atom. The molecule has 0 spiro atoms. The lowest BCUT2D eigenvalue weighted by molar-refractivity contribution is -0.104. The molecule has 0 aromatic heterocycles. The van der Waals surface area contributed by atoms with E-state index < -0.39 is 0 Å². The second-order valence-corrected chi connectivity index (χ2v) is 2.94. The highest BCUT2D eigenvalue weighted by Gasteiger charge is 1.88. The molecule has 1 heteroatoms. The first-order valence-electron chi connectivity index (χ1n) is 3.98. The molecule has 0 unspecified atom stereocenters. The highest BCUT2D eigenvalue weighted by Crippen LogP contribution is 2.01. The summed E-state index contributed by atoms with van der Waals surface area (Å²) in [6.45, 7) is 6.17. The minimum atomic E-state index is 0.663. The molecule has 11 heavy (non-hydrogen) atoms. The summed E-state index contributed by atoms with van der Waals surface area (Å²) in [6.07, 6.45) is 7.62. The van der Waals surface area contributed by atoms with Crippen LogP contribution >= 0.6 is 0 Å². The van der Waals surface area contributed by atoms with Gasteiger partial charge >= 0.3 is 0 Å². The van der Waals surface area contributed by atoms with Crippen LogP contribution in [0.5, 0.6) is 0 Å². The molecule has 0 saturated heterocycles. The summed E-state index contributed by atoms with van der Waals surface area (Å²) in [7, 11) is 0. The van der Waals surface area contributed by atoms with Crippen LogP contribution in [0.4, 0.5) is 0 Å². The topological polar surface area (TPSA) is 17.1 Å². The third kappa shape index (κ3) is 5.59. The number of carbonyl (C=O) groups is 1. The molecule has 0 saturated carbocycles. The number of allylic oxidation sites excluding steroid dienone is 4. The molecule has 0 heterocycles. The summed E-state index contributed by atoms with van der Waals surface area (Å²) in [5.74, 6) is 0.663. The van der Waals surface area contributed by atoms with Crippen LogP contribution in [0.1, 0.15) is 27.2 Å². The second kappa shape index (κ2) is 5.90. The van der Waals surface area contributed by atoms with E-state index in [0.717, 1.165) is 18.3 Å². The lowest BCUT2D eigenvalue weighted by atomic mass is 10.1. The fourth-order valence-electron chi connectivity index (χ4n) is 0.680. The number of aldehydes is 1. The van der Waals surface area contributed by atoms with E-state index in [1.165, 1.54) is 0 Å². The molecule has 0 atom stereocenters.